The van der Waals surface area contributed by atoms with E-state index in [0.29, 0.717) is 5.69 Å². The van der Waals surface area contributed by atoms with E-state index in [-0.39, 0.29) is 34.4 Å². The summed E-state index contributed by atoms with van der Waals surface area (Å²) in [5.74, 6) is 0.189. The van der Waals surface area contributed by atoms with Crippen molar-refractivity contribution in [3.05, 3.63) is 30.3 Å². The smallest absolute Gasteiger partial charge is 0.321 e. The topological polar surface area (TPSA) is 120 Å². The summed E-state index contributed by atoms with van der Waals surface area (Å²) in [5.41, 5.74) is 0.560. The molecule has 0 unspecified atom stereocenters. The molecule has 1 aromatic heterocycles. The van der Waals surface area contributed by atoms with Crippen LogP contribution in [0.1, 0.15) is 32.1 Å². The molecule has 1 amide bonds. The van der Waals surface area contributed by atoms with E-state index in [0.717, 1.165) is 25.7 Å². The van der Waals surface area contributed by atoms with Gasteiger partial charge in [-0.1, -0.05) is 19.3 Å². The molecule has 0 saturated heterocycles. The highest BCUT2D eigenvalue weighted by Gasteiger charge is 2.21. The number of carbonyl (C=O) groups is 1. The Labute approximate surface area is 169 Å². The normalized spacial score (nSPS) is 14.8. The van der Waals surface area contributed by atoms with Crippen molar-refractivity contribution >= 4 is 27.4 Å². The Morgan fingerprint density at radius 3 is 2.34 bits per heavy atom. The van der Waals surface area contributed by atoms with Crippen molar-refractivity contribution in [3.63, 3.8) is 0 Å². The largest absolute Gasteiger partial charge is 0.481 e. The molecular weight excluding hydrogens is 396 g/mol. The van der Waals surface area contributed by atoms with Gasteiger partial charge in [-0.15, -0.1) is 0 Å². The highest BCUT2D eigenvalue weighted by atomic mass is 32.2. The lowest BCUT2D eigenvalue weighted by Gasteiger charge is -2.20. The molecule has 3 rings (SSSR count). The van der Waals surface area contributed by atoms with Gasteiger partial charge in [0.05, 0.1) is 19.1 Å². The molecule has 2 aromatic rings. The highest BCUT2D eigenvalue weighted by molar-refractivity contribution is 7.92. The van der Waals surface area contributed by atoms with Crippen LogP contribution in [0.3, 0.4) is 0 Å². The van der Waals surface area contributed by atoms with Crippen LogP contribution < -0.4 is 19.5 Å². The maximum atomic E-state index is 12.6. The Morgan fingerprint density at radius 2 is 1.72 bits per heavy atom. The molecule has 1 aliphatic rings. The minimum absolute atomic E-state index is 0.0152. The first-order valence-corrected chi connectivity index (χ1v) is 10.8. The fourth-order valence-electron chi connectivity index (χ4n) is 3.18. The van der Waals surface area contributed by atoms with Crippen molar-refractivity contribution in [2.45, 2.75) is 37.0 Å². The molecule has 10 heteroatoms. The van der Waals surface area contributed by atoms with Gasteiger partial charge in [-0.05, 0) is 37.1 Å². The number of rotatable bonds is 7. The van der Waals surface area contributed by atoms with Crippen molar-refractivity contribution in [1.82, 2.24) is 9.97 Å². The van der Waals surface area contributed by atoms with Crippen molar-refractivity contribution in [2.24, 2.45) is 5.92 Å². The summed E-state index contributed by atoms with van der Waals surface area (Å²) in [6, 6.07) is 7.30. The lowest BCUT2D eigenvalue weighted by atomic mass is 9.88. The monoisotopic (exact) mass is 420 g/mol. The summed E-state index contributed by atoms with van der Waals surface area (Å²) < 4.78 is 37.6. The summed E-state index contributed by atoms with van der Waals surface area (Å²) in [5, 5.41) is 2.86. The molecule has 1 saturated carbocycles. The lowest BCUT2D eigenvalue weighted by Crippen LogP contribution is -2.24. The molecule has 1 fully saturated rings. The molecule has 1 aromatic carbocycles. The van der Waals surface area contributed by atoms with Crippen LogP contribution in [0.4, 0.5) is 11.5 Å². The van der Waals surface area contributed by atoms with E-state index in [9.17, 15) is 13.2 Å². The zero-order valence-corrected chi connectivity index (χ0v) is 17.2. The quantitative estimate of drug-likeness (QED) is 0.707. The standard InChI is InChI=1S/C19H24N4O5S/c1-27-17-12-16(21-19(22-17)28-2)23-29(25,26)15-10-8-14(9-11-15)20-18(24)13-6-4-3-5-7-13/h8-13H,3-7H2,1-2H3,(H,20,24)(H,21,22,23). The van der Waals surface area contributed by atoms with E-state index in [1.807, 2.05) is 0 Å². The fourth-order valence-corrected chi connectivity index (χ4v) is 4.17. The molecule has 0 radical (unpaired) electrons. The van der Waals surface area contributed by atoms with Crippen LogP contribution in [0.2, 0.25) is 0 Å². The Kier molecular flexibility index (Phi) is 6.53. The Balaban J connectivity index is 1.70. The van der Waals surface area contributed by atoms with Crippen LogP contribution in [-0.2, 0) is 14.8 Å². The third-order valence-corrected chi connectivity index (χ3v) is 6.09. The van der Waals surface area contributed by atoms with Crippen molar-refractivity contribution < 1.29 is 22.7 Å². The zero-order chi connectivity index (χ0) is 20.9. The van der Waals surface area contributed by atoms with Gasteiger partial charge in [-0.2, -0.15) is 9.97 Å². The minimum atomic E-state index is -3.89. The molecule has 1 heterocycles. The number of amides is 1. The summed E-state index contributed by atoms with van der Waals surface area (Å²) >= 11 is 0. The third-order valence-electron chi connectivity index (χ3n) is 4.72. The summed E-state index contributed by atoms with van der Waals surface area (Å²) in [4.78, 5) is 20.2. The van der Waals surface area contributed by atoms with Crippen LogP contribution in [0.25, 0.3) is 0 Å². The molecule has 0 spiro atoms. The minimum Gasteiger partial charge on any atom is -0.481 e. The van der Waals surface area contributed by atoms with Crippen LogP contribution in [-0.4, -0.2) is 38.5 Å². The van der Waals surface area contributed by atoms with E-state index in [2.05, 4.69) is 20.0 Å². The number of hydrogen-bond acceptors (Lipinski definition) is 7. The van der Waals surface area contributed by atoms with Gasteiger partial charge in [-0.25, -0.2) is 8.42 Å². The Morgan fingerprint density at radius 1 is 1.03 bits per heavy atom. The van der Waals surface area contributed by atoms with Gasteiger partial charge in [0.25, 0.3) is 10.0 Å². The molecule has 2 N–H and O–H groups in total. The average Bonchev–Trinajstić information content (AvgIpc) is 2.74. The first-order chi connectivity index (χ1) is 13.9. The molecule has 0 aliphatic heterocycles. The third kappa shape index (κ3) is 5.35. The summed E-state index contributed by atoms with van der Waals surface area (Å²) in [6.45, 7) is 0. The van der Waals surface area contributed by atoms with Crippen LogP contribution in [0, 0.1) is 5.92 Å². The summed E-state index contributed by atoms with van der Waals surface area (Å²) in [7, 11) is -1.12. The van der Waals surface area contributed by atoms with Crippen LogP contribution in [0.15, 0.2) is 35.2 Å². The fraction of sp³-hybridized carbons (Fsp3) is 0.421. The van der Waals surface area contributed by atoms with Gasteiger partial charge in [0, 0.05) is 17.7 Å². The molecule has 0 atom stereocenters. The van der Waals surface area contributed by atoms with E-state index >= 15 is 0 Å². The number of hydrogen-bond donors (Lipinski definition) is 2. The maximum absolute atomic E-state index is 12.6. The van der Waals surface area contributed by atoms with Gasteiger partial charge in [0.1, 0.15) is 0 Å². The maximum Gasteiger partial charge on any atom is 0.321 e. The number of sulfonamides is 1. The molecule has 1 aliphatic carbocycles. The number of benzene rings is 1. The number of aromatic nitrogens is 2. The number of anilines is 2. The second-order valence-electron chi connectivity index (χ2n) is 6.74. The summed E-state index contributed by atoms with van der Waals surface area (Å²) in [6.07, 6.45) is 5.11. The van der Waals surface area contributed by atoms with Gasteiger partial charge in [-0.3, -0.25) is 9.52 Å². The molecule has 156 valence electrons. The predicted molar refractivity (Wildman–Crippen MR) is 108 cm³/mol. The number of nitrogens with one attached hydrogen (secondary N) is 2. The molecular formula is C19H24N4O5S. The van der Waals surface area contributed by atoms with Gasteiger partial charge >= 0.3 is 6.01 Å². The van der Waals surface area contributed by atoms with Crippen LogP contribution in [0.5, 0.6) is 11.9 Å². The first kappa shape index (κ1) is 20.8. The van der Waals surface area contributed by atoms with E-state index in [4.69, 9.17) is 9.47 Å². The van der Waals surface area contributed by atoms with Gasteiger partial charge in [0.15, 0.2) is 5.82 Å². The number of nitrogens with zero attached hydrogens (tertiary/aromatic N) is 2. The van der Waals surface area contributed by atoms with E-state index in [1.54, 1.807) is 12.1 Å². The zero-order valence-electron chi connectivity index (χ0n) is 16.3. The lowest BCUT2D eigenvalue weighted by molar-refractivity contribution is -0.120. The van der Waals surface area contributed by atoms with Crippen molar-refractivity contribution in [2.75, 3.05) is 24.3 Å². The van der Waals surface area contributed by atoms with Crippen molar-refractivity contribution in [3.8, 4) is 11.9 Å². The average molecular weight is 420 g/mol. The van der Waals surface area contributed by atoms with E-state index in [1.165, 1.54) is 38.8 Å². The molecule has 29 heavy (non-hydrogen) atoms. The van der Waals surface area contributed by atoms with Gasteiger partial charge < -0.3 is 14.8 Å². The second-order valence-corrected chi connectivity index (χ2v) is 8.42. The number of methoxy groups -OCH3 is 2. The highest BCUT2D eigenvalue weighted by Crippen LogP contribution is 2.26. The number of ether oxygens (including phenoxy) is 2. The predicted octanol–water partition coefficient (Wildman–Crippen LogP) is 2.81. The van der Waals surface area contributed by atoms with Crippen molar-refractivity contribution in [1.29, 1.82) is 0 Å². The van der Waals surface area contributed by atoms with Crippen LogP contribution >= 0.6 is 0 Å². The molecule has 0 bridgehead atoms. The van der Waals surface area contributed by atoms with E-state index < -0.39 is 10.0 Å². The SMILES string of the molecule is COc1cc(NS(=O)(=O)c2ccc(NC(=O)C3CCCCC3)cc2)nc(OC)n1. The Hall–Kier alpha value is -2.88. The first-order valence-electron chi connectivity index (χ1n) is 9.32. The van der Waals surface area contributed by atoms with Gasteiger partial charge in [0.2, 0.25) is 11.8 Å². The number of carbonyl (C=O) groups excluding carboxylic acids is 1. The second kappa shape index (κ2) is 9.08. The Bertz CT molecular complexity index is 935. The molecule has 9 nitrogen and oxygen atoms in total.